The smallest absolute Gasteiger partial charge is 0.404 e. The minimum Gasteiger partial charge on any atom is -0.404 e. The van der Waals surface area contributed by atoms with Gasteiger partial charge >= 0.3 is 6.36 Å². The number of para-hydroxylation sites is 3. The molecular formula is C20H20F3N5O. The van der Waals surface area contributed by atoms with Crippen LogP contribution in [0, 0.1) is 13.8 Å². The number of rotatable bonds is 5. The third kappa shape index (κ3) is 5.07. The summed E-state index contributed by atoms with van der Waals surface area (Å²) in [5, 5.41) is 7.19. The normalized spacial score (nSPS) is 12.1. The van der Waals surface area contributed by atoms with Gasteiger partial charge in [0.15, 0.2) is 11.7 Å². The summed E-state index contributed by atoms with van der Waals surface area (Å²) in [5.41, 5.74) is 9.46. The Hall–Kier alpha value is -3.49. The lowest BCUT2D eigenvalue weighted by atomic mass is 10.2. The lowest BCUT2D eigenvalue weighted by molar-refractivity contribution is -0.274. The molecule has 3 aromatic rings. The fraction of sp³-hybridized carbons (Fsp3) is 0.200. The van der Waals surface area contributed by atoms with E-state index in [-0.39, 0.29) is 23.9 Å². The molecule has 0 unspecified atom stereocenters. The first kappa shape index (κ1) is 20.2. The van der Waals surface area contributed by atoms with Crippen LogP contribution in [0.5, 0.6) is 5.75 Å². The van der Waals surface area contributed by atoms with Gasteiger partial charge in [0.05, 0.1) is 23.6 Å². The van der Waals surface area contributed by atoms with E-state index in [9.17, 15) is 13.2 Å². The van der Waals surface area contributed by atoms with Crippen molar-refractivity contribution < 1.29 is 17.9 Å². The first-order valence-corrected chi connectivity index (χ1v) is 8.77. The van der Waals surface area contributed by atoms with E-state index < -0.39 is 6.36 Å². The molecule has 0 radical (unpaired) electrons. The van der Waals surface area contributed by atoms with Crippen molar-refractivity contribution in [2.24, 2.45) is 10.7 Å². The van der Waals surface area contributed by atoms with Gasteiger partial charge < -0.3 is 15.8 Å². The molecule has 1 heterocycles. The van der Waals surface area contributed by atoms with Gasteiger partial charge in [-0.1, -0.05) is 30.3 Å². The maximum atomic E-state index is 12.5. The highest BCUT2D eigenvalue weighted by atomic mass is 19.4. The van der Waals surface area contributed by atoms with Crippen molar-refractivity contribution in [3.63, 3.8) is 0 Å². The second-order valence-corrected chi connectivity index (χ2v) is 6.27. The van der Waals surface area contributed by atoms with Crippen molar-refractivity contribution in [1.29, 1.82) is 0 Å². The highest BCUT2D eigenvalue weighted by molar-refractivity contribution is 5.93. The molecule has 0 spiro atoms. The summed E-state index contributed by atoms with van der Waals surface area (Å²) in [6.45, 7) is 4.02. The Labute approximate surface area is 165 Å². The molecule has 29 heavy (non-hydrogen) atoms. The number of benzene rings is 2. The van der Waals surface area contributed by atoms with Crippen molar-refractivity contribution in [2.45, 2.75) is 26.8 Å². The second-order valence-electron chi connectivity index (χ2n) is 6.27. The number of hydrogen-bond donors (Lipinski definition) is 2. The van der Waals surface area contributed by atoms with Crippen molar-refractivity contribution in [2.75, 3.05) is 5.32 Å². The van der Waals surface area contributed by atoms with Gasteiger partial charge in [-0.3, -0.25) is 0 Å². The summed E-state index contributed by atoms with van der Waals surface area (Å²) in [7, 11) is 0. The molecule has 0 atom stereocenters. The number of nitrogens with two attached hydrogens (primary N) is 1. The Morgan fingerprint density at radius 2 is 1.76 bits per heavy atom. The molecular weight excluding hydrogens is 383 g/mol. The number of nitrogens with one attached hydrogen (secondary N) is 1. The number of anilines is 1. The molecule has 0 aliphatic heterocycles. The summed E-state index contributed by atoms with van der Waals surface area (Å²) in [6, 6.07) is 15.3. The van der Waals surface area contributed by atoms with E-state index in [1.165, 1.54) is 18.2 Å². The topological polar surface area (TPSA) is 77.5 Å². The first-order chi connectivity index (χ1) is 13.7. The Kier molecular flexibility index (Phi) is 5.76. The number of ether oxygens (including phenoxy) is 1. The van der Waals surface area contributed by atoms with Crippen LogP contribution in [-0.4, -0.2) is 22.1 Å². The summed E-state index contributed by atoms with van der Waals surface area (Å²) in [6.07, 6.45) is -4.80. The summed E-state index contributed by atoms with van der Waals surface area (Å²) >= 11 is 0. The molecule has 0 aliphatic rings. The van der Waals surface area contributed by atoms with E-state index in [1.807, 2.05) is 48.9 Å². The number of aryl methyl sites for hydroxylation is 1. The minimum absolute atomic E-state index is 0.0329. The monoisotopic (exact) mass is 403 g/mol. The molecule has 0 fully saturated rings. The Morgan fingerprint density at radius 3 is 2.45 bits per heavy atom. The summed E-state index contributed by atoms with van der Waals surface area (Å²) in [4.78, 5) is 4.25. The number of nitrogens with zero attached hydrogens (tertiary/aromatic N) is 3. The highest BCUT2D eigenvalue weighted by Crippen LogP contribution is 2.29. The highest BCUT2D eigenvalue weighted by Gasteiger charge is 2.32. The number of alkyl halides is 3. The summed E-state index contributed by atoms with van der Waals surface area (Å²) < 4.78 is 43.4. The van der Waals surface area contributed by atoms with Gasteiger partial charge in [-0.25, -0.2) is 9.67 Å². The van der Waals surface area contributed by atoms with E-state index >= 15 is 0 Å². The third-order valence-corrected chi connectivity index (χ3v) is 4.22. The zero-order chi connectivity index (χ0) is 21.0. The lowest BCUT2D eigenvalue weighted by Gasteiger charge is -2.14. The Balaban J connectivity index is 1.77. The van der Waals surface area contributed by atoms with Crippen LogP contribution in [0.4, 0.5) is 18.9 Å². The first-order valence-electron chi connectivity index (χ1n) is 8.77. The molecule has 0 amide bonds. The van der Waals surface area contributed by atoms with Crippen LogP contribution in [0.25, 0.3) is 5.69 Å². The molecule has 0 bridgehead atoms. The number of aliphatic imine (C=N–C) groups is 1. The van der Waals surface area contributed by atoms with Crippen LogP contribution < -0.4 is 15.8 Å². The molecule has 152 valence electrons. The van der Waals surface area contributed by atoms with Gasteiger partial charge in [-0.2, -0.15) is 5.10 Å². The standard InChI is InChI=1S/C20H20F3N5O/c1-13-16(14(2)28(27-13)15-8-4-3-5-9-15)12-25-19(24)26-17-10-6-7-11-18(17)29-20(21,22)23/h3-11H,12H2,1-2H3,(H3,24,25,26). The van der Waals surface area contributed by atoms with Gasteiger partial charge in [0.1, 0.15) is 0 Å². The van der Waals surface area contributed by atoms with E-state index in [4.69, 9.17) is 5.73 Å². The Bertz CT molecular complexity index is 1010. The van der Waals surface area contributed by atoms with Crippen LogP contribution in [0.2, 0.25) is 0 Å². The van der Waals surface area contributed by atoms with Gasteiger partial charge in [0.2, 0.25) is 0 Å². The Morgan fingerprint density at radius 1 is 1.10 bits per heavy atom. The second kappa shape index (κ2) is 8.26. The number of aromatic nitrogens is 2. The van der Waals surface area contributed by atoms with E-state index in [0.29, 0.717) is 0 Å². The zero-order valence-electron chi connectivity index (χ0n) is 15.9. The quantitative estimate of drug-likeness (QED) is 0.492. The van der Waals surface area contributed by atoms with E-state index in [0.717, 1.165) is 22.6 Å². The predicted octanol–water partition coefficient (Wildman–Crippen LogP) is 4.31. The maximum absolute atomic E-state index is 12.5. The fourth-order valence-electron chi connectivity index (χ4n) is 2.85. The van der Waals surface area contributed by atoms with Crippen molar-refractivity contribution in [1.82, 2.24) is 9.78 Å². The van der Waals surface area contributed by atoms with E-state index in [2.05, 4.69) is 20.1 Å². The summed E-state index contributed by atoms with van der Waals surface area (Å²) in [5.74, 6) is -0.420. The number of guanidine groups is 1. The van der Waals surface area contributed by atoms with Crippen LogP contribution in [0.1, 0.15) is 17.0 Å². The minimum atomic E-state index is -4.80. The molecule has 9 heteroatoms. The molecule has 0 saturated carbocycles. The van der Waals surface area contributed by atoms with Gasteiger partial charge in [-0.15, -0.1) is 13.2 Å². The van der Waals surface area contributed by atoms with Crippen molar-refractivity contribution in [3.05, 3.63) is 71.5 Å². The van der Waals surface area contributed by atoms with Crippen LogP contribution in [-0.2, 0) is 6.54 Å². The molecule has 3 N–H and O–H groups in total. The predicted molar refractivity (Wildman–Crippen MR) is 105 cm³/mol. The van der Waals surface area contributed by atoms with Crippen LogP contribution in [0.15, 0.2) is 59.6 Å². The SMILES string of the molecule is Cc1nn(-c2ccccc2)c(C)c1CN=C(N)Nc1ccccc1OC(F)(F)F. The average molecular weight is 403 g/mol. The van der Waals surface area contributed by atoms with Crippen molar-refractivity contribution >= 4 is 11.6 Å². The molecule has 3 rings (SSSR count). The molecule has 6 nitrogen and oxygen atoms in total. The average Bonchev–Trinajstić information content (AvgIpc) is 2.95. The number of halogens is 3. The van der Waals surface area contributed by atoms with Crippen LogP contribution in [0.3, 0.4) is 0 Å². The van der Waals surface area contributed by atoms with Crippen molar-refractivity contribution in [3.8, 4) is 11.4 Å². The van der Waals surface area contributed by atoms with Crippen LogP contribution >= 0.6 is 0 Å². The molecule has 2 aromatic carbocycles. The fourth-order valence-corrected chi connectivity index (χ4v) is 2.85. The lowest BCUT2D eigenvalue weighted by Crippen LogP contribution is -2.24. The maximum Gasteiger partial charge on any atom is 0.573 e. The molecule has 1 aromatic heterocycles. The van der Waals surface area contributed by atoms with Gasteiger partial charge in [0.25, 0.3) is 0 Å². The molecule has 0 aliphatic carbocycles. The zero-order valence-corrected chi connectivity index (χ0v) is 15.9. The van der Waals surface area contributed by atoms with Gasteiger partial charge in [-0.05, 0) is 38.1 Å². The third-order valence-electron chi connectivity index (χ3n) is 4.22. The molecule has 0 saturated heterocycles. The van der Waals surface area contributed by atoms with Gasteiger partial charge in [0, 0.05) is 11.3 Å². The van der Waals surface area contributed by atoms with E-state index in [1.54, 1.807) is 6.07 Å². The number of hydrogen-bond acceptors (Lipinski definition) is 3. The largest absolute Gasteiger partial charge is 0.573 e.